The quantitative estimate of drug-likeness (QED) is 0.806. The van der Waals surface area contributed by atoms with E-state index in [4.69, 9.17) is 4.74 Å². The van der Waals surface area contributed by atoms with Gasteiger partial charge in [0.15, 0.2) is 0 Å². The molecule has 3 heteroatoms. The first-order valence-electron chi connectivity index (χ1n) is 5.82. The molecule has 0 heterocycles. The van der Waals surface area contributed by atoms with E-state index in [1.165, 1.54) is 25.7 Å². The molecule has 0 unspecified atom stereocenters. The first-order chi connectivity index (χ1) is 7.79. The molecule has 0 saturated heterocycles. The summed E-state index contributed by atoms with van der Waals surface area (Å²) in [5.41, 5.74) is 0. The van der Waals surface area contributed by atoms with Crippen molar-refractivity contribution in [1.82, 2.24) is 0 Å². The fourth-order valence-corrected chi connectivity index (χ4v) is 3.61. The van der Waals surface area contributed by atoms with Crippen LogP contribution < -0.4 is 4.74 Å². The molecule has 1 aromatic carbocycles. The second kappa shape index (κ2) is 5.48. The molecule has 0 aliphatic heterocycles. The van der Waals surface area contributed by atoms with Crippen molar-refractivity contribution in [3.8, 4) is 5.75 Å². The van der Waals surface area contributed by atoms with Gasteiger partial charge in [-0.25, -0.2) is 0 Å². The average Bonchev–Trinajstić information content (AvgIpc) is 2.82. The van der Waals surface area contributed by atoms with Crippen LogP contribution in [0.4, 0.5) is 0 Å². The van der Waals surface area contributed by atoms with Gasteiger partial charge in [0.05, 0.1) is 17.9 Å². The molecule has 16 heavy (non-hydrogen) atoms. The van der Waals surface area contributed by atoms with Gasteiger partial charge in [0, 0.05) is 10.6 Å². The van der Waals surface area contributed by atoms with Crippen LogP contribution in [-0.2, 0) is 10.8 Å². The smallest absolute Gasteiger partial charge is 0.118 e. The first-order valence-corrected chi connectivity index (χ1v) is 7.14. The van der Waals surface area contributed by atoms with Crippen LogP contribution in [0.5, 0.6) is 5.75 Å². The Morgan fingerprint density at radius 2 is 1.88 bits per heavy atom. The Labute approximate surface area is 99.5 Å². The van der Waals surface area contributed by atoms with Gasteiger partial charge >= 0.3 is 0 Å². The maximum absolute atomic E-state index is 12.1. The Balaban J connectivity index is 1.97. The summed E-state index contributed by atoms with van der Waals surface area (Å²) in [6.07, 6.45) is 5.12. The Bertz CT molecular complexity index is 353. The average molecular weight is 238 g/mol. The van der Waals surface area contributed by atoms with E-state index >= 15 is 0 Å². The van der Waals surface area contributed by atoms with Crippen LogP contribution in [0.3, 0.4) is 0 Å². The lowest BCUT2D eigenvalue weighted by Gasteiger charge is -2.08. The van der Waals surface area contributed by atoms with Gasteiger partial charge in [-0.3, -0.25) is 4.21 Å². The number of rotatable bonds is 4. The Morgan fingerprint density at radius 1 is 1.25 bits per heavy atom. The predicted molar refractivity (Wildman–Crippen MR) is 66.2 cm³/mol. The van der Waals surface area contributed by atoms with E-state index in [1.807, 2.05) is 24.3 Å². The molecule has 1 atom stereocenters. The lowest BCUT2D eigenvalue weighted by atomic mass is 10.1. The summed E-state index contributed by atoms with van der Waals surface area (Å²) in [5.74, 6) is 2.32. The fraction of sp³-hybridized carbons (Fsp3) is 0.538. The Morgan fingerprint density at radius 3 is 2.44 bits per heavy atom. The van der Waals surface area contributed by atoms with Gasteiger partial charge in [0.25, 0.3) is 0 Å². The van der Waals surface area contributed by atoms with E-state index in [1.54, 1.807) is 7.11 Å². The van der Waals surface area contributed by atoms with Gasteiger partial charge in [-0.05, 0) is 43.0 Å². The van der Waals surface area contributed by atoms with Crippen LogP contribution in [0.2, 0.25) is 0 Å². The maximum atomic E-state index is 12.1. The third kappa shape index (κ3) is 2.85. The molecule has 0 aromatic heterocycles. The SMILES string of the molecule is COc1ccc([S@@](=O)CC2CCCC2)cc1. The molecule has 1 fully saturated rings. The minimum atomic E-state index is -0.839. The fourth-order valence-electron chi connectivity index (χ4n) is 2.21. The van der Waals surface area contributed by atoms with Gasteiger partial charge in [-0.2, -0.15) is 0 Å². The van der Waals surface area contributed by atoms with Gasteiger partial charge < -0.3 is 4.74 Å². The van der Waals surface area contributed by atoms with Gasteiger partial charge in [0.1, 0.15) is 5.75 Å². The van der Waals surface area contributed by atoms with Crippen molar-refractivity contribution in [2.24, 2.45) is 5.92 Å². The molecule has 2 nitrogen and oxygen atoms in total. The Hall–Kier alpha value is -0.830. The summed E-state index contributed by atoms with van der Waals surface area (Å²) in [6.45, 7) is 0. The molecule has 1 aliphatic carbocycles. The molecular weight excluding hydrogens is 220 g/mol. The van der Waals surface area contributed by atoms with Crippen molar-refractivity contribution in [3.63, 3.8) is 0 Å². The molecular formula is C13H18O2S. The highest BCUT2D eigenvalue weighted by molar-refractivity contribution is 7.85. The summed E-state index contributed by atoms with van der Waals surface area (Å²) in [7, 11) is 0.804. The van der Waals surface area contributed by atoms with Crippen molar-refractivity contribution in [2.45, 2.75) is 30.6 Å². The summed E-state index contributed by atoms with van der Waals surface area (Å²) < 4.78 is 17.2. The molecule has 88 valence electrons. The van der Waals surface area contributed by atoms with E-state index in [2.05, 4.69) is 0 Å². The number of hydrogen-bond donors (Lipinski definition) is 0. The molecule has 1 aliphatic rings. The van der Waals surface area contributed by atoms with Crippen LogP contribution in [-0.4, -0.2) is 17.1 Å². The molecule has 0 N–H and O–H groups in total. The summed E-state index contributed by atoms with van der Waals surface area (Å²) >= 11 is 0. The zero-order valence-electron chi connectivity index (χ0n) is 9.65. The van der Waals surface area contributed by atoms with Crippen molar-refractivity contribution in [3.05, 3.63) is 24.3 Å². The zero-order chi connectivity index (χ0) is 11.4. The number of benzene rings is 1. The Kier molecular flexibility index (Phi) is 3.99. The zero-order valence-corrected chi connectivity index (χ0v) is 10.5. The number of methoxy groups -OCH3 is 1. The monoisotopic (exact) mass is 238 g/mol. The molecule has 2 rings (SSSR count). The number of hydrogen-bond acceptors (Lipinski definition) is 2. The van der Waals surface area contributed by atoms with E-state index in [0.717, 1.165) is 16.4 Å². The van der Waals surface area contributed by atoms with E-state index in [0.29, 0.717) is 5.92 Å². The maximum Gasteiger partial charge on any atom is 0.118 e. The molecule has 0 spiro atoms. The van der Waals surface area contributed by atoms with E-state index in [9.17, 15) is 4.21 Å². The minimum Gasteiger partial charge on any atom is -0.497 e. The summed E-state index contributed by atoms with van der Waals surface area (Å²) in [4.78, 5) is 0.924. The molecule has 0 amide bonds. The van der Waals surface area contributed by atoms with Gasteiger partial charge in [0.2, 0.25) is 0 Å². The van der Waals surface area contributed by atoms with Crippen LogP contribution >= 0.6 is 0 Å². The highest BCUT2D eigenvalue weighted by atomic mass is 32.2. The van der Waals surface area contributed by atoms with Gasteiger partial charge in [-0.1, -0.05) is 12.8 Å². The molecule has 0 radical (unpaired) electrons. The van der Waals surface area contributed by atoms with Crippen LogP contribution in [0.25, 0.3) is 0 Å². The van der Waals surface area contributed by atoms with Crippen molar-refractivity contribution in [1.29, 1.82) is 0 Å². The summed E-state index contributed by atoms with van der Waals surface area (Å²) in [6, 6.07) is 7.57. The van der Waals surface area contributed by atoms with Gasteiger partial charge in [-0.15, -0.1) is 0 Å². The second-order valence-corrected chi connectivity index (χ2v) is 5.83. The topological polar surface area (TPSA) is 26.3 Å². The highest BCUT2D eigenvalue weighted by Crippen LogP contribution is 2.27. The third-order valence-corrected chi connectivity index (χ3v) is 4.76. The predicted octanol–water partition coefficient (Wildman–Crippen LogP) is 2.99. The van der Waals surface area contributed by atoms with Crippen molar-refractivity contribution < 1.29 is 8.95 Å². The second-order valence-electron chi connectivity index (χ2n) is 4.34. The van der Waals surface area contributed by atoms with E-state index in [-0.39, 0.29) is 0 Å². The van der Waals surface area contributed by atoms with Crippen LogP contribution in [0.1, 0.15) is 25.7 Å². The first kappa shape index (κ1) is 11.6. The highest BCUT2D eigenvalue weighted by Gasteiger charge is 2.18. The normalized spacial score (nSPS) is 18.6. The molecule has 0 bridgehead atoms. The number of ether oxygens (including phenoxy) is 1. The molecule has 1 aromatic rings. The van der Waals surface area contributed by atoms with Crippen LogP contribution in [0.15, 0.2) is 29.2 Å². The van der Waals surface area contributed by atoms with E-state index < -0.39 is 10.8 Å². The molecule has 1 saturated carbocycles. The minimum absolute atomic E-state index is 0.669. The standard InChI is InChI=1S/C13H18O2S/c1-15-12-6-8-13(9-7-12)16(14)10-11-4-2-3-5-11/h6-9,11H,2-5,10H2,1H3/t16-/m0/s1. The van der Waals surface area contributed by atoms with Crippen molar-refractivity contribution in [2.75, 3.05) is 12.9 Å². The third-order valence-electron chi connectivity index (χ3n) is 3.18. The largest absolute Gasteiger partial charge is 0.497 e. The summed E-state index contributed by atoms with van der Waals surface area (Å²) in [5, 5.41) is 0. The van der Waals surface area contributed by atoms with Crippen molar-refractivity contribution >= 4 is 10.8 Å². The lowest BCUT2D eigenvalue weighted by Crippen LogP contribution is -2.07. The van der Waals surface area contributed by atoms with Crippen LogP contribution in [0, 0.1) is 5.92 Å². The lowest BCUT2D eigenvalue weighted by molar-refractivity contribution is 0.414.